The van der Waals surface area contributed by atoms with E-state index in [-0.39, 0.29) is 11.9 Å². The minimum atomic E-state index is -0.282. The van der Waals surface area contributed by atoms with Crippen LogP contribution >= 0.6 is 27.5 Å². The monoisotopic (exact) mass is 369 g/mol. The largest absolute Gasteiger partial charge is 0.306 e. The predicted octanol–water partition coefficient (Wildman–Crippen LogP) is 5.64. The molecule has 0 spiro atoms. The van der Waals surface area contributed by atoms with E-state index in [2.05, 4.69) is 28.2 Å². The summed E-state index contributed by atoms with van der Waals surface area (Å²) in [4.78, 5) is 0. The van der Waals surface area contributed by atoms with Gasteiger partial charge < -0.3 is 5.32 Å². The Kier molecular flexibility index (Phi) is 5.80. The topological polar surface area (TPSA) is 12.0 Å². The molecule has 1 atom stereocenters. The molecular weight excluding hydrogens is 353 g/mol. The highest BCUT2D eigenvalue weighted by Gasteiger charge is 2.20. The van der Waals surface area contributed by atoms with Gasteiger partial charge in [0.2, 0.25) is 0 Å². The van der Waals surface area contributed by atoms with E-state index in [0.717, 1.165) is 28.6 Å². The summed E-state index contributed by atoms with van der Waals surface area (Å²) >= 11 is 9.40. The fourth-order valence-corrected chi connectivity index (χ4v) is 2.89. The lowest BCUT2D eigenvalue weighted by atomic mass is 9.94. The van der Waals surface area contributed by atoms with Crippen LogP contribution in [0.25, 0.3) is 0 Å². The average molecular weight is 371 g/mol. The van der Waals surface area contributed by atoms with Gasteiger partial charge in [0.05, 0.1) is 6.04 Å². The first-order chi connectivity index (χ1) is 10.0. The molecule has 0 bridgehead atoms. The molecule has 1 unspecified atom stereocenters. The van der Waals surface area contributed by atoms with Crippen molar-refractivity contribution in [1.82, 2.24) is 5.32 Å². The second-order valence-electron chi connectivity index (χ2n) is 5.01. The Bertz CT molecular complexity index is 630. The van der Waals surface area contributed by atoms with Crippen LogP contribution in [0.2, 0.25) is 5.02 Å². The van der Waals surface area contributed by atoms with Crippen molar-refractivity contribution in [2.24, 2.45) is 0 Å². The summed E-state index contributed by atoms with van der Waals surface area (Å²) in [5, 5.41) is 3.84. The fraction of sp³-hybridized carbons (Fsp3) is 0.294. The standard InChI is InChI=1S/C17H18BrClFN/c1-3-9-21-17(13-5-4-6-15(18)11(13)2)14-8-7-12(19)10-16(14)20/h4-8,10,17,21H,3,9H2,1-2H3. The smallest absolute Gasteiger partial charge is 0.129 e. The summed E-state index contributed by atoms with van der Waals surface area (Å²) in [7, 11) is 0. The Morgan fingerprint density at radius 3 is 2.67 bits per heavy atom. The molecule has 4 heteroatoms. The lowest BCUT2D eigenvalue weighted by Gasteiger charge is -2.22. The molecule has 0 heterocycles. The summed E-state index contributed by atoms with van der Waals surface area (Å²) in [5.41, 5.74) is 2.80. The van der Waals surface area contributed by atoms with Gasteiger partial charge in [0.25, 0.3) is 0 Å². The number of halogens is 3. The molecule has 2 aromatic rings. The third-order valence-corrected chi connectivity index (χ3v) is 4.59. The van der Waals surface area contributed by atoms with Crippen LogP contribution in [0.4, 0.5) is 4.39 Å². The van der Waals surface area contributed by atoms with Gasteiger partial charge in [-0.3, -0.25) is 0 Å². The van der Waals surface area contributed by atoms with E-state index in [9.17, 15) is 4.39 Å². The highest BCUT2D eigenvalue weighted by atomic mass is 79.9. The van der Waals surface area contributed by atoms with Crippen LogP contribution in [0.3, 0.4) is 0 Å². The summed E-state index contributed by atoms with van der Waals surface area (Å²) < 4.78 is 15.3. The zero-order chi connectivity index (χ0) is 15.4. The van der Waals surface area contributed by atoms with E-state index in [1.54, 1.807) is 12.1 Å². The minimum absolute atomic E-state index is 0.181. The highest BCUT2D eigenvalue weighted by Crippen LogP contribution is 2.31. The van der Waals surface area contributed by atoms with Crippen LogP contribution in [0, 0.1) is 12.7 Å². The SMILES string of the molecule is CCCNC(c1ccc(Cl)cc1F)c1cccc(Br)c1C. The molecule has 1 nitrogen and oxygen atoms in total. The Balaban J connectivity index is 2.49. The molecule has 0 aliphatic rings. The molecule has 0 amide bonds. The van der Waals surface area contributed by atoms with Gasteiger partial charge in [-0.15, -0.1) is 0 Å². The predicted molar refractivity (Wildman–Crippen MR) is 90.4 cm³/mol. The molecular formula is C17H18BrClFN. The number of rotatable bonds is 5. The number of hydrogen-bond donors (Lipinski definition) is 1. The second-order valence-corrected chi connectivity index (χ2v) is 6.30. The lowest BCUT2D eigenvalue weighted by Crippen LogP contribution is -2.25. The van der Waals surface area contributed by atoms with Crippen molar-refractivity contribution in [2.75, 3.05) is 6.54 Å². The second kappa shape index (κ2) is 7.39. The Hall–Kier alpha value is -0.900. The molecule has 0 aliphatic heterocycles. The highest BCUT2D eigenvalue weighted by molar-refractivity contribution is 9.10. The molecule has 0 fully saturated rings. The molecule has 0 saturated heterocycles. The lowest BCUT2D eigenvalue weighted by molar-refractivity contribution is 0.545. The number of nitrogens with one attached hydrogen (secondary N) is 1. The van der Waals surface area contributed by atoms with Crippen molar-refractivity contribution in [2.45, 2.75) is 26.3 Å². The normalized spacial score (nSPS) is 12.4. The fourth-order valence-electron chi connectivity index (χ4n) is 2.35. The quantitative estimate of drug-likeness (QED) is 0.718. The van der Waals surface area contributed by atoms with Gasteiger partial charge in [-0.1, -0.05) is 52.7 Å². The molecule has 1 N–H and O–H groups in total. The van der Waals surface area contributed by atoms with Crippen LogP contribution < -0.4 is 5.32 Å². The van der Waals surface area contributed by atoms with E-state index < -0.39 is 0 Å². The van der Waals surface area contributed by atoms with Gasteiger partial charge in [0.1, 0.15) is 5.82 Å². The number of hydrogen-bond acceptors (Lipinski definition) is 1. The van der Waals surface area contributed by atoms with Crippen molar-refractivity contribution >= 4 is 27.5 Å². The van der Waals surface area contributed by atoms with Gasteiger partial charge >= 0.3 is 0 Å². The molecule has 2 aromatic carbocycles. The zero-order valence-electron chi connectivity index (χ0n) is 12.1. The first-order valence-corrected chi connectivity index (χ1v) is 8.15. The Morgan fingerprint density at radius 2 is 2.00 bits per heavy atom. The molecule has 0 aromatic heterocycles. The third-order valence-electron chi connectivity index (χ3n) is 3.49. The van der Waals surface area contributed by atoms with Gasteiger partial charge in [0.15, 0.2) is 0 Å². The van der Waals surface area contributed by atoms with E-state index >= 15 is 0 Å². The van der Waals surface area contributed by atoms with Crippen molar-refractivity contribution in [3.8, 4) is 0 Å². The van der Waals surface area contributed by atoms with E-state index in [4.69, 9.17) is 11.6 Å². The minimum Gasteiger partial charge on any atom is -0.306 e. The van der Waals surface area contributed by atoms with Crippen molar-refractivity contribution in [3.05, 3.63) is 68.4 Å². The summed E-state index contributed by atoms with van der Waals surface area (Å²) in [6, 6.07) is 10.7. The Labute approximate surface area is 138 Å². The summed E-state index contributed by atoms with van der Waals surface area (Å²) in [6.45, 7) is 4.95. The maximum atomic E-state index is 14.3. The molecule has 0 saturated carbocycles. The summed E-state index contributed by atoms with van der Waals surface area (Å²) in [6.07, 6.45) is 0.985. The van der Waals surface area contributed by atoms with Crippen LogP contribution in [0.1, 0.15) is 36.1 Å². The maximum Gasteiger partial charge on any atom is 0.129 e. The average Bonchev–Trinajstić information content (AvgIpc) is 2.45. The van der Waals surface area contributed by atoms with Crippen LogP contribution in [-0.4, -0.2) is 6.54 Å². The molecule has 0 radical (unpaired) electrons. The third kappa shape index (κ3) is 3.85. The van der Waals surface area contributed by atoms with E-state index in [1.165, 1.54) is 6.07 Å². The first kappa shape index (κ1) is 16.5. The van der Waals surface area contributed by atoms with Crippen LogP contribution in [-0.2, 0) is 0 Å². The maximum absolute atomic E-state index is 14.3. The van der Waals surface area contributed by atoms with Crippen molar-refractivity contribution in [1.29, 1.82) is 0 Å². The van der Waals surface area contributed by atoms with Gasteiger partial charge in [-0.05, 0) is 49.2 Å². The Morgan fingerprint density at radius 1 is 1.24 bits per heavy atom. The van der Waals surface area contributed by atoms with Crippen LogP contribution in [0.5, 0.6) is 0 Å². The zero-order valence-corrected chi connectivity index (χ0v) is 14.4. The van der Waals surface area contributed by atoms with Crippen molar-refractivity contribution < 1.29 is 4.39 Å². The molecule has 112 valence electrons. The van der Waals surface area contributed by atoms with Crippen LogP contribution in [0.15, 0.2) is 40.9 Å². The molecule has 2 rings (SSSR count). The molecule has 21 heavy (non-hydrogen) atoms. The van der Waals surface area contributed by atoms with Gasteiger partial charge in [-0.2, -0.15) is 0 Å². The van der Waals surface area contributed by atoms with E-state index in [0.29, 0.717) is 10.6 Å². The molecule has 0 aliphatic carbocycles. The summed E-state index contributed by atoms with van der Waals surface area (Å²) in [5.74, 6) is -0.282. The van der Waals surface area contributed by atoms with Gasteiger partial charge in [-0.25, -0.2) is 4.39 Å². The van der Waals surface area contributed by atoms with Gasteiger partial charge in [0, 0.05) is 15.1 Å². The van der Waals surface area contributed by atoms with Crippen molar-refractivity contribution in [3.63, 3.8) is 0 Å². The van der Waals surface area contributed by atoms with E-state index in [1.807, 2.05) is 25.1 Å². The first-order valence-electron chi connectivity index (χ1n) is 6.98. The number of benzene rings is 2.